The quantitative estimate of drug-likeness (QED) is 0.696. The third-order valence-electron chi connectivity index (χ3n) is 5.45. The predicted molar refractivity (Wildman–Crippen MR) is 107 cm³/mol. The molecule has 1 aliphatic rings. The number of carbonyl (C=O) groups is 2. The van der Waals surface area contributed by atoms with Crippen molar-refractivity contribution in [3.8, 4) is 0 Å². The Hall–Kier alpha value is -2.70. The van der Waals surface area contributed by atoms with Crippen molar-refractivity contribution in [1.82, 2.24) is 14.7 Å². The van der Waals surface area contributed by atoms with Gasteiger partial charge >= 0.3 is 5.97 Å². The van der Waals surface area contributed by atoms with Gasteiger partial charge in [0.2, 0.25) is 0 Å². The molecule has 156 valence electrons. The molecular weight excluding hydrogens is 373 g/mol. The molecule has 3 rings (SSSR count). The molecule has 2 heterocycles. The third-order valence-corrected chi connectivity index (χ3v) is 5.45. The number of rotatable bonds is 6. The zero-order chi connectivity index (χ0) is 21.0. The van der Waals surface area contributed by atoms with E-state index in [9.17, 15) is 14.0 Å². The van der Waals surface area contributed by atoms with Gasteiger partial charge in [-0.2, -0.15) is 5.10 Å². The number of likely N-dealkylation sites (tertiary alicyclic amines) is 1. The highest BCUT2D eigenvalue weighted by Crippen LogP contribution is 2.36. The van der Waals surface area contributed by atoms with Crippen LogP contribution in [0.2, 0.25) is 0 Å². The van der Waals surface area contributed by atoms with Crippen LogP contribution in [0.4, 0.5) is 4.39 Å². The highest BCUT2D eigenvalue weighted by Gasteiger charge is 2.45. The molecule has 0 N–H and O–H groups in total. The Morgan fingerprint density at radius 1 is 1.24 bits per heavy atom. The van der Waals surface area contributed by atoms with Gasteiger partial charge in [0.25, 0.3) is 5.91 Å². The summed E-state index contributed by atoms with van der Waals surface area (Å²) in [5.74, 6) is -0.746. The van der Waals surface area contributed by atoms with Crippen LogP contribution in [0.1, 0.15) is 48.4 Å². The minimum Gasteiger partial charge on any atom is -0.466 e. The molecule has 0 aliphatic carbocycles. The van der Waals surface area contributed by atoms with Crippen LogP contribution < -0.4 is 0 Å². The van der Waals surface area contributed by atoms with Gasteiger partial charge in [0, 0.05) is 19.6 Å². The topological polar surface area (TPSA) is 64.4 Å². The van der Waals surface area contributed by atoms with Crippen LogP contribution in [0.3, 0.4) is 0 Å². The molecule has 0 radical (unpaired) electrons. The highest BCUT2D eigenvalue weighted by atomic mass is 19.1. The van der Waals surface area contributed by atoms with Crippen LogP contribution in [-0.2, 0) is 22.5 Å². The van der Waals surface area contributed by atoms with Gasteiger partial charge < -0.3 is 9.64 Å². The van der Waals surface area contributed by atoms with E-state index < -0.39 is 5.41 Å². The summed E-state index contributed by atoms with van der Waals surface area (Å²) in [6.07, 6.45) is 1.73. The van der Waals surface area contributed by atoms with E-state index in [1.807, 2.05) is 13.8 Å². The van der Waals surface area contributed by atoms with E-state index in [2.05, 4.69) is 5.10 Å². The minimum absolute atomic E-state index is 0.125. The number of esters is 1. The van der Waals surface area contributed by atoms with Gasteiger partial charge in [-0.25, -0.2) is 4.39 Å². The molecule has 0 saturated carbocycles. The number of hydrogen-bond donors (Lipinski definition) is 0. The van der Waals surface area contributed by atoms with Gasteiger partial charge in [-0.15, -0.1) is 0 Å². The second-order valence-electron chi connectivity index (χ2n) is 7.62. The first kappa shape index (κ1) is 21.0. The van der Waals surface area contributed by atoms with Crippen LogP contribution in [0.5, 0.6) is 0 Å². The van der Waals surface area contributed by atoms with Crippen molar-refractivity contribution in [2.45, 2.75) is 46.6 Å². The molecule has 2 aromatic rings. The molecule has 1 saturated heterocycles. The lowest BCUT2D eigenvalue weighted by atomic mass is 9.75. The number of nitrogens with zero attached hydrogens (tertiary/aromatic N) is 3. The number of ether oxygens (including phenoxy) is 1. The lowest BCUT2D eigenvalue weighted by Crippen LogP contribution is -2.52. The normalized spacial score (nSPS) is 19.2. The number of aryl methyl sites for hydroxylation is 2. The average Bonchev–Trinajstić information content (AvgIpc) is 3.10. The van der Waals surface area contributed by atoms with E-state index in [4.69, 9.17) is 4.74 Å². The van der Waals surface area contributed by atoms with Crippen LogP contribution in [0.25, 0.3) is 0 Å². The zero-order valence-electron chi connectivity index (χ0n) is 17.3. The molecule has 29 heavy (non-hydrogen) atoms. The molecule has 1 amide bonds. The Bertz CT molecular complexity index is 878. The second kappa shape index (κ2) is 8.76. The maximum atomic E-state index is 13.3. The zero-order valence-corrected chi connectivity index (χ0v) is 17.3. The smallest absolute Gasteiger partial charge is 0.314 e. The SMILES string of the molecule is CCOC(=O)C1(Cc2ccc(F)cc2)CCCN(C(=O)c2cc(C)nn2CC)C1. The van der Waals surface area contributed by atoms with Crippen LogP contribution in [0, 0.1) is 18.2 Å². The molecule has 1 aliphatic heterocycles. The summed E-state index contributed by atoms with van der Waals surface area (Å²) >= 11 is 0. The monoisotopic (exact) mass is 401 g/mol. The Kier molecular flexibility index (Phi) is 6.35. The van der Waals surface area contributed by atoms with E-state index in [1.54, 1.807) is 34.7 Å². The fourth-order valence-electron chi connectivity index (χ4n) is 4.09. The van der Waals surface area contributed by atoms with Gasteiger partial charge in [0.15, 0.2) is 0 Å². The summed E-state index contributed by atoms with van der Waals surface area (Å²) in [4.78, 5) is 27.9. The summed E-state index contributed by atoms with van der Waals surface area (Å²) < 4.78 is 20.4. The molecule has 1 fully saturated rings. The predicted octanol–water partition coefficient (Wildman–Crippen LogP) is 3.38. The molecule has 7 heteroatoms. The highest BCUT2D eigenvalue weighted by molar-refractivity contribution is 5.93. The largest absolute Gasteiger partial charge is 0.466 e. The van der Waals surface area contributed by atoms with E-state index in [1.165, 1.54) is 12.1 Å². The molecule has 0 spiro atoms. The summed E-state index contributed by atoms with van der Waals surface area (Å²) in [6.45, 7) is 7.31. The molecule has 1 aromatic heterocycles. The van der Waals surface area contributed by atoms with Crippen molar-refractivity contribution < 1.29 is 18.7 Å². The van der Waals surface area contributed by atoms with Crippen molar-refractivity contribution in [3.05, 3.63) is 53.1 Å². The third kappa shape index (κ3) is 4.49. The van der Waals surface area contributed by atoms with Crippen LogP contribution >= 0.6 is 0 Å². The van der Waals surface area contributed by atoms with Gasteiger partial charge in [-0.1, -0.05) is 12.1 Å². The number of amides is 1. The summed E-state index contributed by atoms with van der Waals surface area (Å²) in [5, 5.41) is 4.36. The van der Waals surface area contributed by atoms with Crippen molar-refractivity contribution in [2.24, 2.45) is 5.41 Å². The summed E-state index contributed by atoms with van der Waals surface area (Å²) in [7, 11) is 0. The van der Waals surface area contributed by atoms with E-state index in [-0.39, 0.29) is 30.8 Å². The Labute approximate surface area is 170 Å². The standard InChI is InChI=1S/C22H28FN3O3/c1-4-26-19(13-16(3)24-26)20(27)25-12-6-11-22(15-25,21(28)29-5-2)14-17-7-9-18(23)10-8-17/h7-10,13H,4-6,11-12,14-15H2,1-3H3. The Balaban J connectivity index is 1.89. The maximum Gasteiger partial charge on any atom is 0.314 e. The number of halogens is 1. The molecule has 1 unspecified atom stereocenters. The van der Waals surface area contributed by atoms with E-state index in [0.717, 1.165) is 11.3 Å². The number of benzene rings is 1. The molecular formula is C22H28FN3O3. The van der Waals surface area contributed by atoms with Crippen molar-refractivity contribution in [3.63, 3.8) is 0 Å². The van der Waals surface area contributed by atoms with Gasteiger partial charge in [0.05, 0.1) is 17.7 Å². The maximum absolute atomic E-state index is 13.3. The second-order valence-corrected chi connectivity index (χ2v) is 7.62. The van der Waals surface area contributed by atoms with Gasteiger partial charge in [-0.05, 0) is 63.8 Å². The minimum atomic E-state index is -0.839. The number of hydrogen-bond acceptors (Lipinski definition) is 4. The van der Waals surface area contributed by atoms with Gasteiger partial charge in [-0.3, -0.25) is 14.3 Å². The first-order chi connectivity index (χ1) is 13.9. The Morgan fingerprint density at radius 2 is 1.97 bits per heavy atom. The van der Waals surface area contributed by atoms with Crippen molar-refractivity contribution in [1.29, 1.82) is 0 Å². The molecule has 1 atom stereocenters. The molecule has 6 nitrogen and oxygen atoms in total. The van der Waals surface area contributed by atoms with E-state index in [0.29, 0.717) is 38.0 Å². The van der Waals surface area contributed by atoms with E-state index >= 15 is 0 Å². The number of piperidine rings is 1. The van der Waals surface area contributed by atoms with Gasteiger partial charge in [0.1, 0.15) is 11.5 Å². The molecule has 0 bridgehead atoms. The first-order valence-corrected chi connectivity index (χ1v) is 10.1. The first-order valence-electron chi connectivity index (χ1n) is 10.1. The van der Waals surface area contributed by atoms with Crippen LogP contribution in [0.15, 0.2) is 30.3 Å². The summed E-state index contributed by atoms with van der Waals surface area (Å²) in [6, 6.07) is 7.94. The Morgan fingerprint density at radius 3 is 2.62 bits per heavy atom. The average molecular weight is 401 g/mol. The number of carbonyl (C=O) groups excluding carboxylic acids is 2. The van der Waals surface area contributed by atoms with Crippen LogP contribution in [-0.4, -0.2) is 46.3 Å². The molecule has 1 aromatic carbocycles. The fourth-order valence-corrected chi connectivity index (χ4v) is 4.09. The lowest BCUT2D eigenvalue weighted by molar-refractivity contribution is -0.158. The fraction of sp³-hybridized carbons (Fsp3) is 0.500. The summed E-state index contributed by atoms with van der Waals surface area (Å²) in [5.41, 5.74) is 1.33. The lowest BCUT2D eigenvalue weighted by Gasteiger charge is -2.41. The number of aromatic nitrogens is 2. The van der Waals surface area contributed by atoms with Crippen molar-refractivity contribution in [2.75, 3.05) is 19.7 Å². The van der Waals surface area contributed by atoms with Crippen molar-refractivity contribution >= 4 is 11.9 Å².